The van der Waals surface area contributed by atoms with Crippen LogP contribution in [0.4, 0.5) is 4.39 Å². The first kappa shape index (κ1) is 15.2. The summed E-state index contributed by atoms with van der Waals surface area (Å²) in [5.74, 6) is -0.841. The fourth-order valence-corrected chi connectivity index (χ4v) is 2.33. The molecular weight excluding hydrogens is 335 g/mol. The highest BCUT2D eigenvalue weighted by Gasteiger charge is 2.15. The van der Waals surface area contributed by atoms with Crippen LogP contribution in [0.5, 0.6) is 0 Å². The molecule has 0 aliphatic heterocycles. The van der Waals surface area contributed by atoms with Crippen molar-refractivity contribution in [2.75, 3.05) is 0 Å². The Labute approximate surface area is 130 Å². The van der Waals surface area contributed by atoms with Crippen molar-refractivity contribution in [1.29, 1.82) is 5.26 Å². The average molecular weight is 347 g/mol. The zero-order valence-electron chi connectivity index (χ0n) is 11.2. The van der Waals surface area contributed by atoms with Crippen molar-refractivity contribution in [3.8, 4) is 6.07 Å². The highest BCUT2D eigenvalue weighted by atomic mass is 79.9. The summed E-state index contributed by atoms with van der Waals surface area (Å²) in [7, 11) is 0. The van der Waals surface area contributed by atoms with Crippen LogP contribution in [-0.2, 0) is 0 Å². The maximum absolute atomic E-state index is 13.4. The largest absolute Gasteiger partial charge is 0.345 e. The van der Waals surface area contributed by atoms with Crippen LogP contribution in [0.15, 0.2) is 46.9 Å². The molecule has 2 rings (SSSR count). The molecule has 0 aromatic heterocycles. The van der Waals surface area contributed by atoms with Gasteiger partial charge in [0.15, 0.2) is 0 Å². The minimum atomic E-state index is -0.478. The molecule has 0 aliphatic rings. The van der Waals surface area contributed by atoms with Crippen molar-refractivity contribution in [2.45, 2.75) is 13.0 Å². The first-order valence-electron chi connectivity index (χ1n) is 6.28. The second-order valence-electron chi connectivity index (χ2n) is 4.53. The van der Waals surface area contributed by atoms with Crippen LogP contribution >= 0.6 is 15.9 Å². The number of rotatable bonds is 3. The second kappa shape index (κ2) is 6.51. The lowest BCUT2D eigenvalue weighted by Gasteiger charge is -2.15. The molecule has 2 aromatic carbocycles. The van der Waals surface area contributed by atoms with Crippen LogP contribution in [0.1, 0.15) is 34.5 Å². The minimum Gasteiger partial charge on any atom is -0.345 e. The minimum absolute atomic E-state index is 0.148. The van der Waals surface area contributed by atoms with Gasteiger partial charge >= 0.3 is 0 Å². The lowest BCUT2D eigenvalue weighted by Crippen LogP contribution is -2.27. The number of carbonyl (C=O) groups is 1. The van der Waals surface area contributed by atoms with E-state index in [-0.39, 0.29) is 22.0 Å². The van der Waals surface area contributed by atoms with Crippen molar-refractivity contribution in [3.63, 3.8) is 0 Å². The molecule has 1 amide bonds. The molecule has 106 valence electrons. The fourth-order valence-electron chi connectivity index (χ4n) is 1.88. The molecule has 3 nitrogen and oxygen atoms in total. The van der Waals surface area contributed by atoms with Gasteiger partial charge in [0.25, 0.3) is 5.91 Å². The van der Waals surface area contributed by atoms with Gasteiger partial charge in [0, 0.05) is 0 Å². The highest BCUT2D eigenvalue weighted by molar-refractivity contribution is 9.10. The number of halogens is 2. The molecule has 0 fully saturated rings. The third kappa shape index (κ3) is 3.47. The second-order valence-corrected chi connectivity index (χ2v) is 5.32. The van der Waals surface area contributed by atoms with Crippen LogP contribution in [-0.4, -0.2) is 5.91 Å². The van der Waals surface area contributed by atoms with E-state index in [2.05, 4.69) is 21.2 Å². The SMILES string of the molecule is CC(NC(=O)c1cccc(F)c1Br)c1ccc(C#N)cc1. The van der Waals surface area contributed by atoms with Gasteiger partial charge in [-0.1, -0.05) is 18.2 Å². The van der Waals surface area contributed by atoms with Gasteiger partial charge in [-0.2, -0.15) is 5.26 Å². The fraction of sp³-hybridized carbons (Fsp3) is 0.125. The van der Waals surface area contributed by atoms with Gasteiger partial charge in [0.1, 0.15) is 5.82 Å². The first-order valence-corrected chi connectivity index (χ1v) is 7.07. The molecule has 5 heteroatoms. The smallest absolute Gasteiger partial charge is 0.253 e. The Morgan fingerprint density at radius 3 is 2.57 bits per heavy atom. The van der Waals surface area contributed by atoms with Crippen LogP contribution < -0.4 is 5.32 Å². The van der Waals surface area contributed by atoms with E-state index in [0.717, 1.165) is 5.56 Å². The van der Waals surface area contributed by atoms with E-state index >= 15 is 0 Å². The van der Waals surface area contributed by atoms with E-state index in [9.17, 15) is 9.18 Å². The molecule has 21 heavy (non-hydrogen) atoms. The normalized spacial score (nSPS) is 11.5. The number of carbonyl (C=O) groups excluding carboxylic acids is 1. The Balaban J connectivity index is 2.15. The number of benzene rings is 2. The Hall–Kier alpha value is -2.19. The third-order valence-corrected chi connectivity index (χ3v) is 3.89. The summed E-state index contributed by atoms with van der Waals surface area (Å²) in [6.45, 7) is 1.83. The molecule has 0 spiro atoms. The van der Waals surface area contributed by atoms with Gasteiger partial charge in [-0.05, 0) is 52.7 Å². The molecule has 1 unspecified atom stereocenters. The van der Waals surface area contributed by atoms with Crippen LogP contribution in [0.2, 0.25) is 0 Å². The van der Waals surface area contributed by atoms with Crippen molar-refractivity contribution >= 4 is 21.8 Å². The quantitative estimate of drug-likeness (QED) is 0.914. The summed E-state index contributed by atoms with van der Waals surface area (Å²) < 4.78 is 13.6. The van der Waals surface area contributed by atoms with Gasteiger partial charge in [-0.3, -0.25) is 4.79 Å². The standard InChI is InChI=1S/C16H12BrFN2O/c1-10(12-7-5-11(9-19)6-8-12)20-16(21)13-3-2-4-14(18)15(13)17/h2-8,10H,1H3,(H,20,21). The van der Waals surface area contributed by atoms with Crippen LogP contribution in [0.25, 0.3) is 0 Å². The zero-order valence-corrected chi connectivity index (χ0v) is 12.8. The van der Waals surface area contributed by atoms with E-state index in [0.29, 0.717) is 5.56 Å². The lowest BCUT2D eigenvalue weighted by atomic mass is 10.1. The monoisotopic (exact) mass is 346 g/mol. The molecule has 0 saturated heterocycles. The summed E-state index contributed by atoms with van der Waals surface area (Å²) in [6.07, 6.45) is 0. The highest BCUT2D eigenvalue weighted by Crippen LogP contribution is 2.21. The lowest BCUT2D eigenvalue weighted by molar-refractivity contribution is 0.0938. The molecule has 0 heterocycles. The van der Waals surface area contributed by atoms with Crippen molar-refractivity contribution in [1.82, 2.24) is 5.32 Å². The molecule has 2 aromatic rings. The van der Waals surface area contributed by atoms with Crippen LogP contribution in [0.3, 0.4) is 0 Å². The average Bonchev–Trinajstić information content (AvgIpc) is 2.50. The van der Waals surface area contributed by atoms with Gasteiger partial charge in [-0.25, -0.2) is 4.39 Å². The summed E-state index contributed by atoms with van der Waals surface area (Å²) in [5, 5.41) is 11.6. The topological polar surface area (TPSA) is 52.9 Å². The van der Waals surface area contributed by atoms with E-state index in [1.54, 1.807) is 30.3 Å². The van der Waals surface area contributed by atoms with E-state index < -0.39 is 5.82 Å². The van der Waals surface area contributed by atoms with Crippen molar-refractivity contribution in [2.24, 2.45) is 0 Å². The summed E-state index contributed by atoms with van der Waals surface area (Å²) in [4.78, 5) is 12.2. The summed E-state index contributed by atoms with van der Waals surface area (Å²) in [6, 6.07) is 13.1. The Bertz CT molecular complexity index is 707. The number of hydrogen-bond acceptors (Lipinski definition) is 2. The number of hydrogen-bond donors (Lipinski definition) is 1. The van der Waals surface area contributed by atoms with Crippen LogP contribution in [0, 0.1) is 17.1 Å². The molecule has 1 N–H and O–H groups in total. The number of nitrogens with one attached hydrogen (secondary N) is 1. The molecule has 1 atom stereocenters. The molecular formula is C16H12BrFN2O. The van der Waals surface area contributed by atoms with E-state index in [1.165, 1.54) is 12.1 Å². The summed E-state index contributed by atoms with van der Waals surface area (Å²) >= 11 is 3.07. The first-order chi connectivity index (χ1) is 10.0. The maximum Gasteiger partial charge on any atom is 0.253 e. The number of amides is 1. The molecule has 0 radical (unpaired) electrons. The number of nitriles is 1. The summed E-state index contributed by atoms with van der Waals surface area (Å²) in [5.41, 5.74) is 1.68. The Morgan fingerprint density at radius 2 is 1.95 bits per heavy atom. The number of nitrogens with zero attached hydrogens (tertiary/aromatic N) is 1. The van der Waals surface area contributed by atoms with Gasteiger partial charge in [0.05, 0.1) is 27.7 Å². The maximum atomic E-state index is 13.4. The van der Waals surface area contributed by atoms with Crippen molar-refractivity contribution < 1.29 is 9.18 Å². The van der Waals surface area contributed by atoms with E-state index in [1.807, 2.05) is 13.0 Å². The Morgan fingerprint density at radius 1 is 1.29 bits per heavy atom. The van der Waals surface area contributed by atoms with Gasteiger partial charge < -0.3 is 5.32 Å². The van der Waals surface area contributed by atoms with Gasteiger partial charge in [-0.15, -0.1) is 0 Å². The van der Waals surface area contributed by atoms with E-state index in [4.69, 9.17) is 5.26 Å². The predicted molar refractivity (Wildman–Crippen MR) is 81.1 cm³/mol. The molecule has 0 aliphatic carbocycles. The Kier molecular flexibility index (Phi) is 4.71. The zero-order chi connectivity index (χ0) is 15.4. The predicted octanol–water partition coefficient (Wildman–Crippen LogP) is 3.95. The third-order valence-electron chi connectivity index (χ3n) is 3.08. The van der Waals surface area contributed by atoms with Crippen molar-refractivity contribution in [3.05, 3.63) is 69.4 Å². The van der Waals surface area contributed by atoms with Gasteiger partial charge in [0.2, 0.25) is 0 Å². The molecule has 0 saturated carbocycles. The molecule has 0 bridgehead atoms.